The molecule has 1 amide bonds. The summed E-state index contributed by atoms with van der Waals surface area (Å²) in [5.74, 6) is 0.443. The number of likely N-dealkylation sites (tertiary alicyclic amines) is 2. The van der Waals surface area contributed by atoms with Gasteiger partial charge in [-0.1, -0.05) is 48.5 Å². The first-order valence-electron chi connectivity index (χ1n) is 11.9. The fraction of sp³-hybridized carbons (Fsp3) is 0.296. The minimum atomic E-state index is 0.0907. The van der Waals surface area contributed by atoms with Crippen molar-refractivity contribution < 1.29 is 9.90 Å². The second-order valence-electron chi connectivity index (χ2n) is 9.64. The average molecular weight is 456 g/mol. The van der Waals surface area contributed by atoms with Crippen LogP contribution >= 0.6 is 0 Å². The summed E-state index contributed by atoms with van der Waals surface area (Å²) in [4.78, 5) is 17.7. The van der Waals surface area contributed by atoms with Crippen LogP contribution in [-0.2, 0) is 6.54 Å². The number of piperidine rings is 1. The van der Waals surface area contributed by atoms with Crippen LogP contribution in [0.4, 0.5) is 11.4 Å². The highest BCUT2D eigenvalue weighted by Crippen LogP contribution is 2.55. The molecule has 7 heteroatoms. The zero-order valence-corrected chi connectivity index (χ0v) is 19.0. The SMILES string of the molecule is O=C(c1ccc2c(c1)NNN2)N1CCC2(CC1)CN(Cc1ccccc1O)C2c1ccccc1. The van der Waals surface area contributed by atoms with Gasteiger partial charge in [-0.25, -0.2) is 0 Å². The number of phenolic OH excluding ortho intramolecular Hbond substituents is 1. The Morgan fingerprint density at radius 3 is 2.47 bits per heavy atom. The maximum Gasteiger partial charge on any atom is 0.253 e. The topological polar surface area (TPSA) is 79.9 Å². The Morgan fingerprint density at radius 2 is 1.68 bits per heavy atom. The van der Waals surface area contributed by atoms with E-state index in [-0.39, 0.29) is 17.4 Å². The maximum absolute atomic E-state index is 13.2. The van der Waals surface area contributed by atoms with E-state index in [1.165, 1.54) is 5.56 Å². The fourth-order valence-corrected chi connectivity index (χ4v) is 5.89. The van der Waals surface area contributed by atoms with E-state index in [0.717, 1.165) is 56.0 Å². The molecular weight excluding hydrogens is 426 g/mol. The Bertz CT molecular complexity index is 1210. The van der Waals surface area contributed by atoms with E-state index in [1.54, 1.807) is 6.07 Å². The standard InChI is InChI=1S/C27H29N5O2/c33-24-9-5-4-8-21(24)17-32-18-27(25(32)19-6-2-1-3-7-19)12-14-31(15-13-27)26(34)20-10-11-22-23(16-20)29-30-28-22/h1-11,16,25,28-30,33H,12-15,17-18H2. The van der Waals surface area contributed by atoms with Crippen molar-refractivity contribution in [3.8, 4) is 5.75 Å². The van der Waals surface area contributed by atoms with E-state index < -0.39 is 0 Å². The van der Waals surface area contributed by atoms with E-state index in [2.05, 4.69) is 51.6 Å². The zero-order valence-electron chi connectivity index (χ0n) is 19.0. The third-order valence-electron chi connectivity index (χ3n) is 7.65. The predicted octanol–water partition coefficient (Wildman–Crippen LogP) is 4.13. The van der Waals surface area contributed by atoms with Gasteiger partial charge in [-0.3, -0.25) is 9.69 Å². The monoisotopic (exact) mass is 455 g/mol. The summed E-state index contributed by atoms with van der Waals surface area (Å²) in [6.45, 7) is 3.21. The third kappa shape index (κ3) is 3.57. The van der Waals surface area contributed by atoms with Gasteiger partial charge in [0.25, 0.3) is 5.91 Å². The summed E-state index contributed by atoms with van der Waals surface area (Å²) in [6.07, 6.45) is 1.95. The summed E-state index contributed by atoms with van der Waals surface area (Å²) in [6, 6.07) is 24.3. The van der Waals surface area contributed by atoms with Crippen molar-refractivity contribution >= 4 is 17.3 Å². The molecule has 0 aliphatic carbocycles. The molecule has 7 nitrogen and oxygen atoms in total. The number of nitrogens with one attached hydrogen (secondary N) is 3. The van der Waals surface area contributed by atoms with E-state index in [9.17, 15) is 9.90 Å². The average Bonchev–Trinajstić information content (AvgIpc) is 3.33. The largest absolute Gasteiger partial charge is 0.508 e. The zero-order chi connectivity index (χ0) is 23.1. The van der Waals surface area contributed by atoms with Crippen molar-refractivity contribution in [3.05, 3.63) is 89.5 Å². The van der Waals surface area contributed by atoms with Gasteiger partial charge in [0.1, 0.15) is 5.75 Å². The summed E-state index contributed by atoms with van der Waals surface area (Å²) in [7, 11) is 0. The molecule has 34 heavy (non-hydrogen) atoms. The number of hydrogen-bond acceptors (Lipinski definition) is 6. The normalized spacial score (nSPS) is 20.8. The number of para-hydroxylation sites is 1. The first-order chi connectivity index (χ1) is 16.6. The first-order valence-corrected chi connectivity index (χ1v) is 11.9. The number of anilines is 2. The van der Waals surface area contributed by atoms with Crippen LogP contribution in [0.15, 0.2) is 72.8 Å². The summed E-state index contributed by atoms with van der Waals surface area (Å²) in [5, 5.41) is 10.3. The maximum atomic E-state index is 13.2. The van der Waals surface area contributed by atoms with Gasteiger partial charge in [0.2, 0.25) is 0 Å². The predicted molar refractivity (Wildman–Crippen MR) is 132 cm³/mol. The van der Waals surface area contributed by atoms with Crippen LogP contribution in [0.1, 0.15) is 40.4 Å². The van der Waals surface area contributed by atoms with E-state index >= 15 is 0 Å². The van der Waals surface area contributed by atoms with E-state index in [4.69, 9.17) is 0 Å². The molecule has 1 atom stereocenters. The third-order valence-corrected chi connectivity index (χ3v) is 7.65. The van der Waals surface area contributed by atoms with Crippen LogP contribution in [0, 0.1) is 5.41 Å². The molecule has 3 aromatic rings. The lowest BCUT2D eigenvalue weighted by molar-refractivity contribution is -0.113. The van der Waals surface area contributed by atoms with Crippen molar-refractivity contribution in [1.29, 1.82) is 0 Å². The lowest BCUT2D eigenvalue weighted by Crippen LogP contribution is -2.62. The van der Waals surface area contributed by atoms with E-state index in [0.29, 0.717) is 11.3 Å². The molecule has 0 aromatic heterocycles. The summed E-state index contributed by atoms with van der Waals surface area (Å²) in [5.41, 5.74) is 13.9. The number of nitrogens with zero attached hydrogens (tertiary/aromatic N) is 2. The molecule has 3 aliphatic heterocycles. The Kier molecular flexibility index (Phi) is 5.16. The van der Waals surface area contributed by atoms with E-state index in [1.807, 2.05) is 41.3 Å². The van der Waals surface area contributed by atoms with Crippen molar-refractivity contribution in [3.63, 3.8) is 0 Å². The minimum absolute atomic E-state index is 0.0907. The Morgan fingerprint density at radius 1 is 0.941 bits per heavy atom. The molecule has 0 bridgehead atoms. The molecule has 0 radical (unpaired) electrons. The van der Waals surface area contributed by atoms with Crippen LogP contribution in [0.25, 0.3) is 0 Å². The van der Waals surface area contributed by atoms with Crippen LogP contribution < -0.4 is 16.4 Å². The summed E-state index contributed by atoms with van der Waals surface area (Å²) < 4.78 is 0. The highest BCUT2D eigenvalue weighted by molar-refractivity contribution is 5.96. The van der Waals surface area contributed by atoms with Crippen LogP contribution in [0.5, 0.6) is 5.75 Å². The van der Waals surface area contributed by atoms with Crippen LogP contribution in [0.3, 0.4) is 0 Å². The van der Waals surface area contributed by atoms with Crippen molar-refractivity contribution in [2.75, 3.05) is 30.5 Å². The lowest BCUT2D eigenvalue weighted by atomic mass is 9.63. The van der Waals surface area contributed by atoms with Crippen LogP contribution in [0.2, 0.25) is 0 Å². The smallest absolute Gasteiger partial charge is 0.253 e. The highest BCUT2D eigenvalue weighted by Gasteiger charge is 2.54. The number of rotatable bonds is 4. The van der Waals surface area contributed by atoms with Gasteiger partial charge in [0, 0.05) is 48.8 Å². The molecule has 1 unspecified atom stereocenters. The molecule has 2 fully saturated rings. The number of amides is 1. The molecule has 3 heterocycles. The second kappa shape index (κ2) is 8.34. The molecule has 1 spiro atoms. The van der Waals surface area contributed by atoms with Gasteiger partial charge in [0.15, 0.2) is 0 Å². The van der Waals surface area contributed by atoms with Gasteiger partial charge >= 0.3 is 0 Å². The summed E-state index contributed by atoms with van der Waals surface area (Å²) >= 11 is 0. The molecule has 4 N–H and O–H groups in total. The molecule has 3 aliphatic rings. The molecular formula is C27H29N5O2. The molecule has 174 valence electrons. The highest BCUT2D eigenvalue weighted by atomic mass is 16.3. The molecule has 3 aromatic carbocycles. The first kappa shape index (κ1) is 21.0. The number of hydrazine groups is 2. The lowest BCUT2D eigenvalue weighted by Gasteiger charge is -2.61. The molecule has 6 rings (SSSR count). The van der Waals surface area contributed by atoms with Crippen molar-refractivity contribution in [2.45, 2.75) is 25.4 Å². The number of fused-ring (bicyclic) bond motifs is 1. The van der Waals surface area contributed by atoms with Gasteiger partial charge in [0.05, 0.1) is 11.4 Å². The van der Waals surface area contributed by atoms with Gasteiger partial charge < -0.3 is 20.9 Å². The van der Waals surface area contributed by atoms with Crippen molar-refractivity contribution in [2.24, 2.45) is 5.41 Å². The quantitative estimate of drug-likeness (QED) is 0.474. The number of hydrogen-bond donors (Lipinski definition) is 4. The van der Waals surface area contributed by atoms with Crippen molar-refractivity contribution in [1.82, 2.24) is 15.3 Å². The van der Waals surface area contributed by atoms with Gasteiger partial charge in [-0.2, -0.15) is 0 Å². The number of aromatic hydroxyl groups is 1. The number of carbonyl (C=O) groups excluding carboxylic acids is 1. The Hall–Kier alpha value is -3.55. The van der Waals surface area contributed by atoms with Gasteiger partial charge in [-0.05, 0) is 42.7 Å². The number of benzene rings is 3. The van der Waals surface area contributed by atoms with Gasteiger partial charge in [-0.15, -0.1) is 5.53 Å². The Labute approximate surface area is 199 Å². The number of carbonyl (C=O) groups is 1. The second-order valence-corrected chi connectivity index (χ2v) is 9.64. The molecule has 0 saturated carbocycles. The fourth-order valence-electron chi connectivity index (χ4n) is 5.89. The number of phenols is 1. The molecule has 2 saturated heterocycles. The van der Waals surface area contributed by atoms with Crippen LogP contribution in [-0.4, -0.2) is 40.4 Å². The minimum Gasteiger partial charge on any atom is -0.508 e. The Balaban J connectivity index is 1.19.